The maximum Gasteiger partial charge on any atom is 0.344 e. The Hall–Kier alpha value is -3.05. The summed E-state index contributed by atoms with van der Waals surface area (Å²) in [6, 6.07) is 11.9. The Morgan fingerprint density at radius 3 is 2.85 bits per heavy atom. The molecular formula is C20H15ClO5. The van der Waals surface area contributed by atoms with Crippen molar-refractivity contribution in [2.24, 2.45) is 0 Å². The number of fused-ring (bicyclic) bond motifs is 1. The van der Waals surface area contributed by atoms with Crippen LogP contribution in [0.15, 0.2) is 60.9 Å². The first-order valence-electron chi connectivity index (χ1n) is 7.80. The highest BCUT2D eigenvalue weighted by atomic mass is 35.5. The molecule has 3 rings (SSSR count). The van der Waals surface area contributed by atoms with Crippen molar-refractivity contribution in [2.75, 3.05) is 13.2 Å². The summed E-state index contributed by atoms with van der Waals surface area (Å²) in [5.74, 6) is 0.238. The highest BCUT2D eigenvalue weighted by molar-refractivity contribution is 6.30. The molecule has 0 aliphatic carbocycles. The molecular weight excluding hydrogens is 356 g/mol. The maximum absolute atomic E-state index is 12.4. The van der Waals surface area contributed by atoms with Gasteiger partial charge in [0, 0.05) is 11.1 Å². The number of carbonyl (C=O) groups is 2. The van der Waals surface area contributed by atoms with Crippen molar-refractivity contribution in [1.82, 2.24) is 0 Å². The number of ether oxygens (including phenoxy) is 3. The number of carbonyl (C=O) groups excluding carboxylic acids is 2. The van der Waals surface area contributed by atoms with Gasteiger partial charge >= 0.3 is 5.97 Å². The smallest absolute Gasteiger partial charge is 0.344 e. The SMILES string of the molecule is C=CCOC(=O)COc1ccc2c(c1)OC(=Cc1cccc(Cl)c1)C2=O. The molecule has 0 N–H and O–H groups in total. The van der Waals surface area contributed by atoms with E-state index in [1.54, 1.807) is 42.5 Å². The summed E-state index contributed by atoms with van der Waals surface area (Å²) in [4.78, 5) is 23.9. The molecule has 1 aliphatic heterocycles. The van der Waals surface area contributed by atoms with Gasteiger partial charge in [0.15, 0.2) is 12.4 Å². The predicted octanol–water partition coefficient (Wildman–Crippen LogP) is 4.06. The van der Waals surface area contributed by atoms with E-state index in [0.29, 0.717) is 22.1 Å². The van der Waals surface area contributed by atoms with Crippen molar-refractivity contribution in [1.29, 1.82) is 0 Å². The van der Waals surface area contributed by atoms with Gasteiger partial charge in [-0.1, -0.05) is 36.4 Å². The molecule has 0 unspecified atom stereocenters. The van der Waals surface area contributed by atoms with Gasteiger partial charge in [0.1, 0.15) is 18.1 Å². The Morgan fingerprint density at radius 1 is 1.23 bits per heavy atom. The molecule has 0 saturated heterocycles. The number of rotatable bonds is 6. The zero-order valence-electron chi connectivity index (χ0n) is 13.7. The van der Waals surface area contributed by atoms with E-state index in [9.17, 15) is 9.59 Å². The highest BCUT2D eigenvalue weighted by Gasteiger charge is 2.27. The van der Waals surface area contributed by atoms with Crippen molar-refractivity contribution in [3.63, 3.8) is 0 Å². The van der Waals surface area contributed by atoms with Crippen LogP contribution in [0.1, 0.15) is 15.9 Å². The normalized spacial score (nSPS) is 13.9. The summed E-state index contributed by atoms with van der Waals surface area (Å²) in [6.07, 6.45) is 3.10. The van der Waals surface area contributed by atoms with Crippen molar-refractivity contribution in [3.05, 3.63) is 77.0 Å². The first-order chi connectivity index (χ1) is 12.6. The van der Waals surface area contributed by atoms with Gasteiger partial charge in [-0.15, -0.1) is 0 Å². The molecule has 0 amide bonds. The van der Waals surface area contributed by atoms with Crippen molar-refractivity contribution in [3.8, 4) is 11.5 Å². The third-order valence-electron chi connectivity index (χ3n) is 3.51. The minimum absolute atomic E-state index is 0.127. The van der Waals surface area contributed by atoms with E-state index in [4.69, 9.17) is 25.8 Å². The van der Waals surface area contributed by atoms with Crippen molar-refractivity contribution < 1.29 is 23.8 Å². The average Bonchev–Trinajstić information content (AvgIpc) is 2.93. The molecule has 0 atom stereocenters. The van der Waals surface area contributed by atoms with Gasteiger partial charge in [0.2, 0.25) is 5.78 Å². The van der Waals surface area contributed by atoms with E-state index in [-0.39, 0.29) is 24.8 Å². The molecule has 132 valence electrons. The molecule has 0 bridgehead atoms. The quantitative estimate of drug-likeness (QED) is 0.436. The van der Waals surface area contributed by atoms with Crippen molar-refractivity contribution in [2.45, 2.75) is 0 Å². The number of esters is 1. The lowest BCUT2D eigenvalue weighted by Crippen LogP contribution is -2.14. The van der Waals surface area contributed by atoms with Gasteiger partial charge in [-0.3, -0.25) is 4.79 Å². The van der Waals surface area contributed by atoms with Gasteiger partial charge in [-0.25, -0.2) is 4.79 Å². The third kappa shape index (κ3) is 4.13. The Bertz CT molecular complexity index is 901. The lowest BCUT2D eigenvalue weighted by atomic mass is 10.1. The monoisotopic (exact) mass is 370 g/mol. The Kier molecular flexibility index (Phi) is 5.39. The molecule has 0 saturated carbocycles. The minimum Gasteiger partial charge on any atom is -0.482 e. The lowest BCUT2D eigenvalue weighted by molar-refractivity contribution is -0.144. The third-order valence-corrected chi connectivity index (χ3v) is 3.74. The summed E-state index contributed by atoms with van der Waals surface area (Å²) in [6.45, 7) is 3.34. The van der Waals surface area contributed by atoms with E-state index in [2.05, 4.69) is 6.58 Å². The Balaban J connectivity index is 1.72. The molecule has 0 spiro atoms. The molecule has 6 heteroatoms. The summed E-state index contributed by atoms with van der Waals surface area (Å²) in [5.41, 5.74) is 1.19. The number of halogens is 1. The van der Waals surface area contributed by atoms with E-state index in [0.717, 1.165) is 5.56 Å². The van der Waals surface area contributed by atoms with Crippen LogP contribution >= 0.6 is 11.6 Å². The van der Waals surface area contributed by atoms with Crippen LogP contribution in [0.3, 0.4) is 0 Å². The molecule has 1 aliphatic rings. The van der Waals surface area contributed by atoms with Gasteiger partial charge in [-0.05, 0) is 35.9 Å². The molecule has 26 heavy (non-hydrogen) atoms. The number of hydrogen-bond donors (Lipinski definition) is 0. The molecule has 0 aromatic heterocycles. The second kappa shape index (κ2) is 7.89. The molecule has 1 heterocycles. The zero-order valence-corrected chi connectivity index (χ0v) is 14.5. The molecule has 2 aromatic carbocycles. The van der Waals surface area contributed by atoms with Crippen LogP contribution in [0.4, 0.5) is 0 Å². The fourth-order valence-electron chi connectivity index (χ4n) is 2.34. The minimum atomic E-state index is -0.510. The number of ketones is 1. The number of allylic oxidation sites excluding steroid dienone is 1. The van der Waals surface area contributed by atoms with Crippen LogP contribution < -0.4 is 9.47 Å². The highest BCUT2D eigenvalue weighted by Crippen LogP contribution is 2.35. The summed E-state index contributed by atoms with van der Waals surface area (Å²) in [7, 11) is 0. The zero-order chi connectivity index (χ0) is 18.5. The topological polar surface area (TPSA) is 61.8 Å². The standard InChI is InChI=1S/C20H15ClO5/c1-2-8-24-19(22)12-25-15-6-7-16-17(11-15)26-18(20(16)23)10-13-4-3-5-14(21)9-13/h2-7,9-11H,1,8,12H2. The maximum atomic E-state index is 12.4. The second-order valence-electron chi connectivity index (χ2n) is 5.41. The van der Waals surface area contributed by atoms with E-state index in [1.807, 2.05) is 6.07 Å². The van der Waals surface area contributed by atoms with Gasteiger partial charge in [-0.2, -0.15) is 0 Å². The fourth-order valence-corrected chi connectivity index (χ4v) is 2.54. The number of hydrogen-bond acceptors (Lipinski definition) is 5. The fraction of sp³-hybridized carbons (Fsp3) is 0.100. The largest absolute Gasteiger partial charge is 0.482 e. The number of Topliss-reactive ketones (excluding diaryl/α,β-unsaturated/α-hetero) is 1. The summed E-state index contributed by atoms with van der Waals surface area (Å²) in [5, 5.41) is 0.571. The van der Waals surface area contributed by atoms with E-state index in [1.165, 1.54) is 6.08 Å². The van der Waals surface area contributed by atoms with Crippen LogP contribution in [-0.2, 0) is 9.53 Å². The van der Waals surface area contributed by atoms with Gasteiger partial charge in [0.25, 0.3) is 0 Å². The van der Waals surface area contributed by atoms with Crippen LogP contribution in [0, 0.1) is 0 Å². The molecule has 0 fully saturated rings. The van der Waals surface area contributed by atoms with Crippen LogP contribution in [0.5, 0.6) is 11.5 Å². The average molecular weight is 371 g/mol. The first-order valence-corrected chi connectivity index (χ1v) is 8.18. The summed E-state index contributed by atoms with van der Waals surface area (Å²) < 4.78 is 15.8. The number of benzene rings is 2. The van der Waals surface area contributed by atoms with Crippen molar-refractivity contribution >= 4 is 29.4 Å². The molecule has 2 aromatic rings. The Labute approximate surface area is 155 Å². The second-order valence-corrected chi connectivity index (χ2v) is 5.85. The van der Waals surface area contributed by atoms with Crippen LogP contribution in [0.25, 0.3) is 6.08 Å². The Morgan fingerprint density at radius 2 is 2.08 bits per heavy atom. The first kappa shape index (κ1) is 17.8. The van der Waals surface area contributed by atoms with Crippen LogP contribution in [0.2, 0.25) is 5.02 Å². The van der Waals surface area contributed by atoms with Gasteiger partial charge < -0.3 is 14.2 Å². The van der Waals surface area contributed by atoms with Crippen LogP contribution in [-0.4, -0.2) is 25.0 Å². The summed E-state index contributed by atoms with van der Waals surface area (Å²) >= 11 is 5.95. The lowest BCUT2D eigenvalue weighted by Gasteiger charge is -2.06. The van der Waals surface area contributed by atoms with E-state index < -0.39 is 5.97 Å². The molecule has 5 nitrogen and oxygen atoms in total. The van der Waals surface area contributed by atoms with E-state index >= 15 is 0 Å². The molecule has 0 radical (unpaired) electrons. The van der Waals surface area contributed by atoms with Gasteiger partial charge in [0.05, 0.1) is 5.56 Å². The predicted molar refractivity (Wildman–Crippen MR) is 97.5 cm³/mol.